The van der Waals surface area contributed by atoms with Crippen LogP contribution in [-0.4, -0.2) is 96.9 Å². The predicted octanol–water partition coefficient (Wildman–Crippen LogP) is 7.02. The molecule has 0 bridgehead atoms. The highest BCUT2D eigenvalue weighted by molar-refractivity contribution is 14.1. The van der Waals surface area contributed by atoms with Gasteiger partial charge in [-0.2, -0.15) is 0 Å². The van der Waals surface area contributed by atoms with E-state index in [0.717, 1.165) is 24.1 Å². The molecule has 0 aliphatic carbocycles. The molecule has 0 spiro atoms. The first-order valence-electron chi connectivity index (χ1n) is 15.5. The summed E-state index contributed by atoms with van der Waals surface area (Å²) in [7, 11) is 0. The van der Waals surface area contributed by atoms with Crippen molar-refractivity contribution in [2.75, 3.05) is 96.9 Å². The molecule has 0 rings (SSSR count). The highest BCUT2D eigenvalue weighted by Crippen LogP contribution is 2.12. The Balaban J connectivity index is 3.01. The van der Waals surface area contributed by atoms with Gasteiger partial charge in [-0.3, -0.25) is 0 Å². The van der Waals surface area contributed by atoms with Gasteiger partial charge in [-0.1, -0.05) is 113 Å². The second kappa shape index (κ2) is 37.5. The van der Waals surface area contributed by atoms with Gasteiger partial charge in [0.2, 0.25) is 0 Å². The van der Waals surface area contributed by atoms with Crippen LogP contribution in [0.3, 0.4) is 0 Å². The SMILES string of the molecule is CCCCCCCCCCCCCCCCOCCOCCOCCOCCOCCOCCOCCI. The molecule has 0 saturated carbocycles. The number of hydrogen-bond donors (Lipinski definition) is 0. The number of hydrogen-bond acceptors (Lipinski definition) is 7. The van der Waals surface area contributed by atoms with Crippen molar-refractivity contribution >= 4 is 22.6 Å². The number of alkyl halides is 1. The Labute approximate surface area is 248 Å². The number of unbranched alkanes of at least 4 members (excludes halogenated alkanes) is 13. The van der Waals surface area contributed by atoms with Gasteiger partial charge in [0.05, 0.1) is 85.9 Å². The van der Waals surface area contributed by atoms with Crippen LogP contribution in [0.1, 0.15) is 96.8 Å². The van der Waals surface area contributed by atoms with E-state index in [2.05, 4.69) is 29.5 Å². The molecule has 0 aliphatic heterocycles. The minimum Gasteiger partial charge on any atom is -0.379 e. The largest absolute Gasteiger partial charge is 0.379 e. The summed E-state index contributed by atoms with van der Waals surface area (Å²) in [5.74, 6) is 0. The molecule has 0 aromatic carbocycles. The third-order valence-corrected chi connectivity index (χ3v) is 6.54. The molecule has 0 amide bonds. The van der Waals surface area contributed by atoms with Crippen LogP contribution >= 0.6 is 22.6 Å². The van der Waals surface area contributed by atoms with E-state index in [-0.39, 0.29) is 0 Å². The van der Waals surface area contributed by atoms with Crippen LogP contribution in [0.4, 0.5) is 0 Å². The van der Waals surface area contributed by atoms with Gasteiger partial charge in [-0.25, -0.2) is 0 Å². The molecule has 0 N–H and O–H groups in total. The van der Waals surface area contributed by atoms with E-state index in [4.69, 9.17) is 33.2 Å². The minimum atomic E-state index is 0.565. The molecule has 0 aromatic rings. The molecule has 0 atom stereocenters. The van der Waals surface area contributed by atoms with Crippen molar-refractivity contribution in [2.24, 2.45) is 0 Å². The molecular weight excluding hydrogens is 599 g/mol. The fraction of sp³-hybridized carbons (Fsp3) is 1.00. The van der Waals surface area contributed by atoms with Crippen LogP contribution in [0.2, 0.25) is 0 Å². The van der Waals surface area contributed by atoms with Crippen LogP contribution in [-0.2, 0) is 33.2 Å². The maximum Gasteiger partial charge on any atom is 0.0701 e. The van der Waals surface area contributed by atoms with Crippen molar-refractivity contribution in [3.8, 4) is 0 Å². The topological polar surface area (TPSA) is 64.6 Å². The lowest BCUT2D eigenvalue weighted by atomic mass is 10.0. The van der Waals surface area contributed by atoms with E-state index >= 15 is 0 Å². The Hall–Kier alpha value is 0.450. The Morgan fingerprint density at radius 2 is 0.526 bits per heavy atom. The molecule has 0 unspecified atom stereocenters. The second-order valence-corrected chi connectivity index (χ2v) is 10.7. The van der Waals surface area contributed by atoms with E-state index in [1.807, 2.05) is 0 Å². The summed E-state index contributed by atoms with van der Waals surface area (Å²) in [4.78, 5) is 0. The van der Waals surface area contributed by atoms with Crippen LogP contribution in [0.15, 0.2) is 0 Å². The van der Waals surface area contributed by atoms with Gasteiger partial charge in [0, 0.05) is 11.0 Å². The summed E-state index contributed by atoms with van der Waals surface area (Å²) in [6, 6.07) is 0. The van der Waals surface area contributed by atoms with Gasteiger partial charge in [-0.15, -0.1) is 0 Å². The summed E-state index contributed by atoms with van der Waals surface area (Å²) >= 11 is 2.29. The van der Waals surface area contributed by atoms with Crippen molar-refractivity contribution in [1.29, 1.82) is 0 Å². The van der Waals surface area contributed by atoms with Gasteiger partial charge < -0.3 is 33.2 Å². The number of ether oxygens (including phenoxy) is 7. The first kappa shape index (κ1) is 38.5. The van der Waals surface area contributed by atoms with Crippen LogP contribution in [0, 0.1) is 0 Å². The highest BCUT2D eigenvalue weighted by Gasteiger charge is 1.96. The van der Waals surface area contributed by atoms with Gasteiger partial charge in [0.1, 0.15) is 0 Å². The first-order chi connectivity index (χ1) is 18.9. The third kappa shape index (κ3) is 36.5. The van der Waals surface area contributed by atoms with Gasteiger partial charge in [-0.05, 0) is 6.42 Å². The lowest BCUT2D eigenvalue weighted by Crippen LogP contribution is -2.14. The molecule has 0 heterocycles. The van der Waals surface area contributed by atoms with Crippen molar-refractivity contribution in [3.05, 3.63) is 0 Å². The Morgan fingerprint density at radius 1 is 0.289 bits per heavy atom. The normalized spacial score (nSPS) is 11.5. The van der Waals surface area contributed by atoms with Crippen molar-refractivity contribution in [1.82, 2.24) is 0 Å². The predicted molar refractivity (Wildman–Crippen MR) is 165 cm³/mol. The molecule has 0 aromatic heterocycles. The van der Waals surface area contributed by atoms with Crippen LogP contribution in [0.25, 0.3) is 0 Å². The van der Waals surface area contributed by atoms with E-state index in [1.165, 1.54) is 83.5 Å². The molecule has 8 heteroatoms. The maximum atomic E-state index is 5.66. The lowest BCUT2D eigenvalue weighted by molar-refractivity contribution is -0.0201. The van der Waals surface area contributed by atoms with Crippen molar-refractivity contribution in [3.63, 3.8) is 0 Å². The molecule has 7 nitrogen and oxygen atoms in total. The van der Waals surface area contributed by atoms with E-state index < -0.39 is 0 Å². The van der Waals surface area contributed by atoms with E-state index in [0.29, 0.717) is 79.3 Å². The van der Waals surface area contributed by atoms with E-state index in [1.54, 1.807) is 0 Å². The molecule has 38 heavy (non-hydrogen) atoms. The number of rotatable bonds is 35. The minimum absolute atomic E-state index is 0.565. The Kier molecular flexibility index (Phi) is 37.9. The summed E-state index contributed by atoms with van der Waals surface area (Å²) < 4.78 is 39.4. The average Bonchev–Trinajstić information content (AvgIpc) is 2.93. The molecule has 0 aliphatic rings. The number of halogens is 1. The van der Waals surface area contributed by atoms with Crippen molar-refractivity contribution < 1.29 is 33.2 Å². The zero-order chi connectivity index (χ0) is 27.5. The summed E-state index contributed by atoms with van der Waals surface area (Å²) in [6.07, 6.45) is 19.4. The average molecular weight is 661 g/mol. The second-order valence-electron chi connectivity index (χ2n) is 9.57. The molecule has 0 saturated heterocycles. The standard InChI is InChI=1S/C30H61IO7/c1-2-3-4-5-6-7-8-9-10-11-12-13-14-15-17-32-19-21-34-23-25-36-27-29-38-30-28-37-26-24-35-22-20-33-18-16-31/h2-30H2,1H3. The fourth-order valence-electron chi connectivity index (χ4n) is 3.87. The third-order valence-electron chi connectivity index (χ3n) is 6.10. The quantitative estimate of drug-likeness (QED) is 0.0412. The van der Waals surface area contributed by atoms with Gasteiger partial charge >= 0.3 is 0 Å². The zero-order valence-electron chi connectivity index (χ0n) is 24.7. The monoisotopic (exact) mass is 660 g/mol. The molecule has 0 fully saturated rings. The van der Waals surface area contributed by atoms with Gasteiger partial charge in [0.15, 0.2) is 0 Å². The summed E-state index contributed by atoms with van der Waals surface area (Å²) in [6.45, 7) is 11.1. The fourth-order valence-corrected chi connectivity index (χ4v) is 4.19. The Bertz CT molecular complexity index is 369. The Morgan fingerprint density at radius 3 is 0.816 bits per heavy atom. The lowest BCUT2D eigenvalue weighted by Gasteiger charge is -2.08. The first-order valence-corrected chi connectivity index (χ1v) is 17.0. The smallest absolute Gasteiger partial charge is 0.0701 e. The highest BCUT2D eigenvalue weighted by atomic mass is 127. The summed E-state index contributed by atoms with van der Waals surface area (Å²) in [5, 5.41) is 0. The van der Waals surface area contributed by atoms with Crippen LogP contribution in [0.5, 0.6) is 0 Å². The van der Waals surface area contributed by atoms with Crippen molar-refractivity contribution in [2.45, 2.75) is 96.8 Å². The molecule has 0 radical (unpaired) electrons. The van der Waals surface area contributed by atoms with Gasteiger partial charge in [0.25, 0.3) is 0 Å². The maximum absolute atomic E-state index is 5.66. The zero-order valence-corrected chi connectivity index (χ0v) is 26.9. The van der Waals surface area contributed by atoms with E-state index in [9.17, 15) is 0 Å². The molecule has 230 valence electrons. The molecular formula is C30H61IO7. The summed E-state index contributed by atoms with van der Waals surface area (Å²) in [5.41, 5.74) is 0. The van der Waals surface area contributed by atoms with Crippen LogP contribution < -0.4 is 0 Å².